The second-order valence-corrected chi connectivity index (χ2v) is 8.71. The highest BCUT2D eigenvalue weighted by atomic mass is 16.5. The van der Waals surface area contributed by atoms with E-state index < -0.39 is 0 Å². The molecule has 0 aromatic carbocycles. The Morgan fingerprint density at radius 2 is 2.25 bits per heavy atom. The molecule has 0 radical (unpaired) electrons. The number of nitrogens with zero attached hydrogens (tertiary/aromatic N) is 3. The van der Waals surface area contributed by atoms with Crippen LogP contribution in [-0.2, 0) is 23.1 Å². The van der Waals surface area contributed by atoms with E-state index >= 15 is 0 Å². The zero-order chi connectivity index (χ0) is 19.7. The van der Waals surface area contributed by atoms with Crippen LogP contribution in [0.1, 0.15) is 43.6 Å². The van der Waals surface area contributed by atoms with E-state index in [0.29, 0.717) is 13.0 Å². The van der Waals surface area contributed by atoms with E-state index in [1.807, 2.05) is 18.3 Å². The van der Waals surface area contributed by atoms with Gasteiger partial charge in [0.05, 0.1) is 25.7 Å². The number of rotatable bonds is 6. The van der Waals surface area contributed by atoms with Crippen molar-refractivity contribution in [2.45, 2.75) is 63.3 Å². The van der Waals surface area contributed by atoms with Crippen molar-refractivity contribution in [2.24, 2.45) is 13.0 Å². The summed E-state index contributed by atoms with van der Waals surface area (Å²) in [5, 5.41) is 12.3. The number of nitrogens with one attached hydrogen (secondary N) is 1. The molecule has 28 heavy (non-hydrogen) atoms. The number of ether oxygens (including phenoxy) is 1. The Morgan fingerprint density at radius 1 is 1.43 bits per heavy atom. The van der Waals surface area contributed by atoms with Crippen LogP contribution in [0, 0.1) is 12.8 Å². The minimum absolute atomic E-state index is 0.0237. The van der Waals surface area contributed by atoms with Crippen LogP contribution < -0.4 is 5.32 Å². The summed E-state index contributed by atoms with van der Waals surface area (Å²) in [6, 6.07) is 0.0258. The molecule has 154 valence electrons. The van der Waals surface area contributed by atoms with Gasteiger partial charge in [-0.2, -0.15) is 0 Å². The first-order chi connectivity index (χ1) is 13.5. The lowest BCUT2D eigenvalue weighted by Gasteiger charge is -2.54. The first-order valence-corrected chi connectivity index (χ1v) is 10.4. The number of aryl methyl sites for hydroxylation is 1. The van der Waals surface area contributed by atoms with E-state index in [4.69, 9.17) is 4.74 Å². The highest BCUT2D eigenvalue weighted by Gasteiger charge is 2.47. The van der Waals surface area contributed by atoms with Crippen molar-refractivity contribution in [2.75, 3.05) is 19.8 Å². The predicted octanol–water partition coefficient (Wildman–Crippen LogP) is 1.30. The fraction of sp³-hybridized carbons (Fsp3) is 0.714. The second kappa shape index (κ2) is 7.97. The number of aromatic nitrogens is 2. The molecule has 1 aliphatic heterocycles. The fourth-order valence-electron chi connectivity index (χ4n) is 4.61. The van der Waals surface area contributed by atoms with Crippen LogP contribution in [0.2, 0.25) is 0 Å². The quantitative estimate of drug-likeness (QED) is 0.718. The lowest BCUT2D eigenvalue weighted by Crippen LogP contribution is -2.63. The van der Waals surface area contributed by atoms with Crippen molar-refractivity contribution in [1.29, 1.82) is 0 Å². The number of imidazole rings is 1. The van der Waals surface area contributed by atoms with Crippen molar-refractivity contribution >= 4 is 5.91 Å². The van der Waals surface area contributed by atoms with Gasteiger partial charge in [-0.05, 0) is 32.6 Å². The molecular formula is C21H32N4O3. The second-order valence-electron chi connectivity index (χ2n) is 8.71. The van der Waals surface area contributed by atoms with Crippen LogP contribution in [0.3, 0.4) is 0 Å². The predicted molar refractivity (Wildman–Crippen MR) is 106 cm³/mol. The third-order valence-electron chi connectivity index (χ3n) is 6.78. The SMILES string of the molecule is Cc1cnc(CN2CC(CC(=O)N[C@@H]3C=C[C@H](CO)C3)OCC23CCC3)n1C. The molecule has 3 aliphatic rings. The van der Waals surface area contributed by atoms with Gasteiger partial charge in [-0.15, -0.1) is 0 Å². The third kappa shape index (κ3) is 3.88. The molecule has 1 aromatic heterocycles. The molecule has 1 saturated heterocycles. The Labute approximate surface area is 166 Å². The Bertz CT molecular complexity index is 740. The molecule has 1 saturated carbocycles. The van der Waals surface area contributed by atoms with E-state index in [-0.39, 0.29) is 36.1 Å². The van der Waals surface area contributed by atoms with Crippen LogP contribution in [0.5, 0.6) is 0 Å². The van der Waals surface area contributed by atoms with Gasteiger partial charge in [-0.25, -0.2) is 4.98 Å². The molecule has 4 rings (SSSR count). The minimum Gasteiger partial charge on any atom is -0.396 e. The Kier molecular flexibility index (Phi) is 5.58. The van der Waals surface area contributed by atoms with Gasteiger partial charge < -0.3 is 19.7 Å². The van der Waals surface area contributed by atoms with Gasteiger partial charge in [0.1, 0.15) is 5.82 Å². The Morgan fingerprint density at radius 3 is 2.86 bits per heavy atom. The number of hydrogen-bond donors (Lipinski definition) is 2. The highest BCUT2D eigenvalue weighted by molar-refractivity contribution is 5.77. The summed E-state index contributed by atoms with van der Waals surface area (Å²) in [4.78, 5) is 19.6. The lowest BCUT2D eigenvalue weighted by atomic mass is 9.74. The summed E-state index contributed by atoms with van der Waals surface area (Å²) in [5.74, 6) is 1.25. The number of hydrogen-bond acceptors (Lipinski definition) is 5. The maximum absolute atomic E-state index is 12.5. The molecule has 2 heterocycles. The van der Waals surface area contributed by atoms with E-state index in [1.54, 1.807) is 0 Å². The van der Waals surface area contributed by atoms with Gasteiger partial charge in [0, 0.05) is 49.6 Å². The lowest BCUT2D eigenvalue weighted by molar-refractivity contribution is -0.155. The van der Waals surface area contributed by atoms with Crippen molar-refractivity contribution < 1.29 is 14.6 Å². The molecule has 2 aliphatic carbocycles. The molecular weight excluding hydrogens is 356 g/mol. The summed E-state index contributed by atoms with van der Waals surface area (Å²) in [5.41, 5.74) is 1.28. The molecule has 7 heteroatoms. The number of morpholine rings is 1. The number of amides is 1. The van der Waals surface area contributed by atoms with E-state index in [0.717, 1.165) is 43.9 Å². The Balaban J connectivity index is 1.35. The number of carbonyl (C=O) groups excluding carboxylic acids is 1. The summed E-state index contributed by atoms with van der Waals surface area (Å²) in [6.07, 6.45) is 10.5. The normalized spacial score (nSPS) is 29.2. The van der Waals surface area contributed by atoms with E-state index in [2.05, 4.69) is 33.7 Å². The van der Waals surface area contributed by atoms with Crippen LogP contribution in [0.15, 0.2) is 18.3 Å². The molecule has 7 nitrogen and oxygen atoms in total. The topological polar surface area (TPSA) is 79.6 Å². The van der Waals surface area contributed by atoms with Crippen LogP contribution in [-0.4, -0.2) is 62.9 Å². The van der Waals surface area contributed by atoms with Crippen molar-refractivity contribution in [1.82, 2.24) is 19.8 Å². The standard InChI is InChI=1S/C21H32N4O3/c1-15-10-22-19(24(15)2)12-25-11-18(28-14-21(25)6-3-7-21)9-20(27)23-17-5-4-16(8-17)13-26/h4-5,10,16-18,26H,3,6-9,11-14H2,1-2H3,(H,23,27)/t16-,17+,18?/m0/s1. The molecule has 0 bridgehead atoms. The number of carbonyl (C=O) groups is 1. The zero-order valence-electron chi connectivity index (χ0n) is 16.9. The zero-order valence-corrected chi connectivity index (χ0v) is 16.9. The van der Waals surface area contributed by atoms with Gasteiger partial charge in [0.25, 0.3) is 0 Å². The van der Waals surface area contributed by atoms with Gasteiger partial charge in [0.2, 0.25) is 5.91 Å². The molecule has 2 fully saturated rings. The molecule has 1 unspecified atom stereocenters. The Hall–Kier alpha value is -1.70. The maximum Gasteiger partial charge on any atom is 0.223 e. The van der Waals surface area contributed by atoms with E-state index in [9.17, 15) is 9.90 Å². The molecule has 1 amide bonds. The highest BCUT2D eigenvalue weighted by Crippen LogP contribution is 2.41. The average Bonchev–Trinajstić information content (AvgIpc) is 3.22. The summed E-state index contributed by atoms with van der Waals surface area (Å²) < 4.78 is 8.28. The third-order valence-corrected chi connectivity index (χ3v) is 6.78. The first-order valence-electron chi connectivity index (χ1n) is 10.4. The number of aliphatic hydroxyl groups is 1. The van der Waals surface area contributed by atoms with Crippen molar-refractivity contribution in [3.05, 3.63) is 29.9 Å². The van der Waals surface area contributed by atoms with Gasteiger partial charge in [-0.3, -0.25) is 9.69 Å². The van der Waals surface area contributed by atoms with Crippen LogP contribution in [0.25, 0.3) is 0 Å². The van der Waals surface area contributed by atoms with Gasteiger partial charge >= 0.3 is 0 Å². The summed E-state index contributed by atoms with van der Waals surface area (Å²) >= 11 is 0. The van der Waals surface area contributed by atoms with E-state index in [1.165, 1.54) is 6.42 Å². The maximum atomic E-state index is 12.5. The largest absolute Gasteiger partial charge is 0.396 e. The van der Waals surface area contributed by atoms with Crippen LogP contribution in [0.4, 0.5) is 0 Å². The van der Waals surface area contributed by atoms with Crippen LogP contribution >= 0.6 is 0 Å². The molecule has 3 atom stereocenters. The van der Waals surface area contributed by atoms with Gasteiger partial charge in [-0.1, -0.05) is 12.2 Å². The van der Waals surface area contributed by atoms with Crippen molar-refractivity contribution in [3.63, 3.8) is 0 Å². The summed E-state index contributed by atoms with van der Waals surface area (Å²) in [7, 11) is 2.06. The fourth-order valence-corrected chi connectivity index (χ4v) is 4.61. The average molecular weight is 389 g/mol. The number of aliphatic hydroxyl groups excluding tert-OH is 1. The van der Waals surface area contributed by atoms with Gasteiger partial charge in [0.15, 0.2) is 0 Å². The molecule has 2 N–H and O–H groups in total. The molecule has 1 aromatic rings. The minimum atomic E-state index is -0.0911. The molecule has 1 spiro atoms. The monoisotopic (exact) mass is 388 g/mol. The smallest absolute Gasteiger partial charge is 0.223 e. The van der Waals surface area contributed by atoms with Crippen molar-refractivity contribution in [3.8, 4) is 0 Å². The first kappa shape index (κ1) is 19.6. The summed E-state index contributed by atoms with van der Waals surface area (Å²) in [6.45, 7) is 4.47.